The minimum atomic E-state index is -0.536. The van der Waals surface area contributed by atoms with E-state index in [0.29, 0.717) is 0 Å². The van der Waals surface area contributed by atoms with E-state index in [9.17, 15) is 9.59 Å². The molecule has 0 spiro atoms. The van der Waals surface area contributed by atoms with Crippen molar-refractivity contribution < 1.29 is 19.1 Å². The lowest BCUT2D eigenvalue weighted by atomic mass is 10.2. The summed E-state index contributed by atoms with van der Waals surface area (Å²) >= 11 is 0. The van der Waals surface area contributed by atoms with Crippen molar-refractivity contribution in [3.8, 4) is 0 Å². The van der Waals surface area contributed by atoms with Crippen LogP contribution in [0, 0.1) is 0 Å². The molecule has 6 heteroatoms. The van der Waals surface area contributed by atoms with E-state index in [1.807, 2.05) is 0 Å². The lowest BCUT2D eigenvalue weighted by Gasteiger charge is -2.08. The number of nitrogens with one attached hydrogen (secondary N) is 1. The van der Waals surface area contributed by atoms with Crippen molar-refractivity contribution >= 4 is 24.3 Å². The Kier molecular flexibility index (Phi) is 6.23. The Morgan fingerprint density at radius 3 is 2.71 bits per heavy atom. The molecule has 0 aromatic heterocycles. The average molecular weight is 224 g/mol. The molecule has 0 aromatic carbocycles. The third kappa shape index (κ3) is 3.93. The van der Waals surface area contributed by atoms with Gasteiger partial charge in [0.2, 0.25) is 0 Å². The Morgan fingerprint density at radius 1 is 1.50 bits per heavy atom. The Labute approximate surface area is 88.5 Å². The molecule has 14 heavy (non-hydrogen) atoms. The first-order chi connectivity index (χ1) is 6.24. The van der Waals surface area contributed by atoms with Crippen molar-refractivity contribution in [1.29, 1.82) is 0 Å². The van der Waals surface area contributed by atoms with Crippen LogP contribution in [0.5, 0.6) is 0 Å². The summed E-state index contributed by atoms with van der Waals surface area (Å²) in [5.41, 5.74) is 0. The Balaban J connectivity index is 0.00000169. The summed E-state index contributed by atoms with van der Waals surface area (Å²) in [7, 11) is 1.25. The molecule has 0 saturated carbocycles. The van der Waals surface area contributed by atoms with Crippen molar-refractivity contribution in [3.63, 3.8) is 0 Å². The van der Waals surface area contributed by atoms with Crippen LogP contribution in [-0.4, -0.2) is 38.2 Å². The van der Waals surface area contributed by atoms with Crippen LogP contribution in [-0.2, 0) is 19.1 Å². The van der Waals surface area contributed by atoms with E-state index in [2.05, 4.69) is 10.1 Å². The van der Waals surface area contributed by atoms with Crippen molar-refractivity contribution in [2.24, 2.45) is 0 Å². The van der Waals surface area contributed by atoms with E-state index < -0.39 is 5.97 Å². The molecule has 1 N–H and O–H groups in total. The second-order valence-corrected chi connectivity index (χ2v) is 2.83. The second-order valence-electron chi connectivity index (χ2n) is 2.83. The van der Waals surface area contributed by atoms with Crippen molar-refractivity contribution in [3.05, 3.63) is 0 Å². The molecule has 0 bridgehead atoms. The number of rotatable bonds is 3. The molecule has 0 aliphatic carbocycles. The Hall–Kier alpha value is -0.810. The molecule has 1 fully saturated rings. The van der Waals surface area contributed by atoms with Gasteiger partial charge in [0.25, 0.3) is 0 Å². The van der Waals surface area contributed by atoms with Gasteiger partial charge < -0.3 is 14.8 Å². The lowest BCUT2D eigenvalue weighted by Crippen LogP contribution is -2.33. The summed E-state index contributed by atoms with van der Waals surface area (Å²) in [6.45, 7) is 0.533. The van der Waals surface area contributed by atoms with E-state index in [0.717, 1.165) is 19.4 Å². The van der Waals surface area contributed by atoms with Crippen LogP contribution in [0.2, 0.25) is 0 Å². The number of halogens is 1. The fourth-order valence-electron chi connectivity index (χ4n) is 1.18. The minimum absolute atomic E-state index is 0. The fourth-order valence-corrected chi connectivity index (χ4v) is 1.18. The van der Waals surface area contributed by atoms with Crippen molar-refractivity contribution in [2.45, 2.75) is 18.9 Å². The first kappa shape index (κ1) is 13.2. The maximum absolute atomic E-state index is 11.2. The number of carbonyl (C=O) groups excluding carboxylic acids is 2. The normalized spacial score (nSPS) is 19.6. The van der Waals surface area contributed by atoms with Crippen LogP contribution >= 0.6 is 12.4 Å². The van der Waals surface area contributed by atoms with Gasteiger partial charge in [-0.2, -0.15) is 0 Å². The van der Waals surface area contributed by atoms with Gasteiger partial charge in [0.05, 0.1) is 7.11 Å². The molecule has 0 radical (unpaired) electrons. The predicted molar refractivity (Wildman–Crippen MR) is 51.2 cm³/mol. The first-order valence-electron chi connectivity index (χ1n) is 4.21. The third-order valence-corrected chi connectivity index (χ3v) is 1.90. The standard InChI is InChI=1S/C8H13NO4.ClH/c1-12-7(10)5-13-8(11)6-3-2-4-9-6;/h6,9H,2-5H2,1H3;1H/t6-;/m0./s1. The monoisotopic (exact) mass is 223 g/mol. The molecule has 1 saturated heterocycles. The molecular formula is C8H14ClNO4. The number of esters is 2. The van der Waals surface area contributed by atoms with Gasteiger partial charge in [0.1, 0.15) is 6.04 Å². The molecule has 0 amide bonds. The number of hydrogen-bond acceptors (Lipinski definition) is 5. The molecule has 5 nitrogen and oxygen atoms in total. The van der Waals surface area contributed by atoms with E-state index in [4.69, 9.17) is 4.74 Å². The van der Waals surface area contributed by atoms with E-state index in [1.54, 1.807) is 0 Å². The third-order valence-electron chi connectivity index (χ3n) is 1.90. The largest absolute Gasteiger partial charge is 0.466 e. The quantitative estimate of drug-likeness (QED) is 0.676. The highest BCUT2D eigenvalue weighted by Crippen LogP contribution is 2.06. The van der Waals surface area contributed by atoms with Gasteiger partial charge >= 0.3 is 11.9 Å². The second kappa shape index (κ2) is 6.62. The summed E-state index contributed by atoms with van der Waals surface area (Å²) in [6, 6.07) is -0.246. The van der Waals surface area contributed by atoms with Crippen molar-refractivity contribution in [2.75, 3.05) is 20.3 Å². The van der Waals surface area contributed by atoms with E-state index >= 15 is 0 Å². The van der Waals surface area contributed by atoms with Crippen LogP contribution < -0.4 is 5.32 Å². The van der Waals surface area contributed by atoms with E-state index in [1.165, 1.54) is 7.11 Å². The van der Waals surface area contributed by atoms with Gasteiger partial charge in [0.15, 0.2) is 6.61 Å². The summed E-state index contributed by atoms with van der Waals surface area (Å²) in [5.74, 6) is -0.908. The maximum atomic E-state index is 11.2. The SMILES string of the molecule is COC(=O)COC(=O)[C@@H]1CCCN1.Cl. The molecule has 0 unspecified atom stereocenters. The minimum Gasteiger partial charge on any atom is -0.466 e. The Morgan fingerprint density at radius 2 is 2.21 bits per heavy atom. The van der Waals surface area contributed by atoms with Gasteiger partial charge in [-0.25, -0.2) is 4.79 Å². The highest BCUT2D eigenvalue weighted by Gasteiger charge is 2.23. The summed E-state index contributed by atoms with van der Waals surface area (Å²) in [6.07, 6.45) is 1.75. The predicted octanol–water partition coefficient (Wildman–Crippen LogP) is -0.124. The van der Waals surface area contributed by atoms with Gasteiger partial charge in [-0.05, 0) is 19.4 Å². The Bertz CT molecular complexity index is 204. The topological polar surface area (TPSA) is 64.6 Å². The highest BCUT2D eigenvalue weighted by molar-refractivity contribution is 5.85. The van der Waals surface area contributed by atoms with Crippen LogP contribution in [0.15, 0.2) is 0 Å². The summed E-state index contributed by atoms with van der Waals surface area (Å²) in [4.78, 5) is 21.8. The highest BCUT2D eigenvalue weighted by atomic mass is 35.5. The van der Waals surface area contributed by atoms with Gasteiger partial charge in [-0.15, -0.1) is 12.4 Å². The molecule has 1 aliphatic heterocycles. The molecule has 1 aliphatic rings. The summed E-state index contributed by atoms with van der Waals surface area (Å²) < 4.78 is 9.03. The smallest absolute Gasteiger partial charge is 0.344 e. The maximum Gasteiger partial charge on any atom is 0.344 e. The zero-order valence-electron chi connectivity index (χ0n) is 7.95. The molecule has 0 aromatic rings. The van der Waals surface area contributed by atoms with Crippen LogP contribution in [0.1, 0.15) is 12.8 Å². The average Bonchev–Trinajstić information content (AvgIpc) is 2.66. The lowest BCUT2D eigenvalue weighted by molar-refractivity contribution is -0.158. The van der Waals surface area contributed by atoms with Gasteiger partial charge in [-0.1, -0.05) is 0 Å². The zero-order valence-corrected chi connectivity index (χ0v) is 8.76. The van der Waals surface area contributed by atoms with Crippen LogP contribution in [0.4, 0.5) is 0 Å². The van der Waals surface area contributed by atoms with E-state index in [-0.39, 0.29) is 31.0 Å². The molecule has 1 atom stereocenters. The van der Waals surface area contributed by atoms with Gasteiger partial charge in [-0.3, -0.25) is 4.79 Å². The molecule has 82 valence electrons. The number of ether oxygens (including phenoxy) is 2. The molecule has 1 rings (SSSR count). The van der Waals surface area contributed by atoms with Crippen molar-refractivity contribution in [1.82, 2.24) is 5.32 Å². The number of hydrogen-bond donors (Lipinski definition) is 1. The summed E-state index contributed by atoms with van der Waals surface area (Å²) in [5, 5.41) is 2.97. The van der Waals surface area contributed by atoms with Crippen LogP contribution in [0.3, 0.4) is 0 Å². The molecular weight excluding hydrogens is 210 g/mol. The number of methoxy groups -OCH3 is 1. The molecule has 1 heterocycles. The zero-order chi connectivity index (χ0) is 9.68. The fraction of sp³-hybridized carbons (Fsp3) is 0.750. The first-order valence-corrected chi connectivity index (χ1v) is 4.21. The van der Waals surface area contributed by atoms with Crippen LogP contribution in [0.25, 0.3) is 0 Å². The number of carbonyl (C=O) groups is 2. The van der Waals surface area contributed by atoms with Gasteiger partial charge in [0, 0.05) is 0 Å².